The largest absolute Gasteiger partial charge is 0.416 e. The van der Waals surface area contributed by atoms with Gasteiger partial charge in [-0.15, -0.1) is 0 Å². The topological polar surface area (TPSA) is 28.7 Å². The molecule has 5 heteroatoms. The smallest absolute Gasteiger partial charge is 0.342 e. The van der Waals surface area contributed by atoms with E-state index in [1.165, 1.54) is 31.7 Å². The van der Waals surface area contributed by atoms with Crippen LogP contribution in [0.25, 0.3) is 11.0 Å². The number of aromatic nitrogens is 2. The highest BCUT2D eigenvalue weighted by atomic mass is 19.4. The van der Waals surface area contributed by atoms with Gasteiger partial charge in [-0.2, -0.15) is 13.2 Å². The number of nitrogens with one attached hydrogen (secondary N) is 1. The van der Waals surface area contributed by atoms with Gasteiger partial charge in [0.25, 0.3) is 0 Å². The lowest BCUT2D eigenvalue weighted by Crippen LogP contribution is -2.04. The molecule has 2 aliphatic rings. The van der Waals surface area contributed by atoms with Gasteiger partial charge in [-0.1, -0.05) is 12.8 Å². The van der Waals surface area contributed by atoms with Crippen molar-refractivity contribution in [3.05, 3.63) is 29.6 Å². The zero-order chi connectivity index (χ0) is 13.9. The van der Waals surface area contributed by atoms with Gasteiger partial charge in [0, 0.05) is 5.92 Å². The molecule has 0 bridgehead atoms. The molecule has 2 fully saturated rings. The molecular weight excluding hydrogens is 265 g/mol. The number of aromatic amines is 1. The monoisotopic (exact) mass is 280 g/mol. The van der Waals surface area contributed by atoms with Crippen molar-refractivity contribution >= 4 is 11.0 Å². The lowest BCUT2D eigenvalue weighted by Gasteiger charge is -2.05. The highest BCUT2D eigenvalue weighted by Crippen LogP contribution is 2.60. The van der Waals surface area contributed by atoms with Crippen molar-refractivity contribution in [1.29, 1.82) is 0 Å². The van der Waals surface area contributed by atoms with Crippen molar-refractivity contribution in [3.8, 4) is 0 Å². The van der Waals surface area contributed by atoms with Gasteiger partial charge in [-0.25, -0.2) is 4.98 Å². The third-order valence-electron chi connectivity index (χ3n) is 4.80. The van der Waals surface area contributed by atoms with Crippen molar-refractivity contribution in [2.45, 2.75) is 37.8 Å². The van der Waals surface area contributed by atoms with E-state index in [2.05, 4.69) is 9.97 Å². The van der Waals surface area contributed by atoms with Crippen molar-refractivity contribution in [2.24, 2.45) is 11.8 Å². The maximum atomic E-state index is 12.7. The quantitative estimate of drug-likeness (QED) is 0.819. The van der Waals surface area contributed by atoms with Gasteiger partial charge >= 0.3 is 6.18 Å². The van der Waals surface area contributed by atoms with E-state index >= 15 is 0 Å². The van der Waals surface area contributed by atoms with E-state index in [1.807, 2.05) is 0 Å². The fraction of sp³-hybridized carbons (Fsp3) is 0.533. The minimum atomic E-state index is -4.30. The summed E-state index contributed by atoms with van der Waals surface area (Å²) in [7, 11) is 0. The molecule has 106 valence electrons. The highest BCUT2D eigenvalue weighted by Gasteiger charge is 2.52. The first-order valence-electron chi connectivity index (χ1n) is 7.11. The SMILES string of the molecule is FC(F)(F)c1ccc2nc(C3C4CCCCC43)[nH]c2c1. The van der Waals surface area contributed by atoms with Crippen LogP contribution in [0.1, 0.15) is 43.0 Å². The predicted octanol–water partition coefficient (Wildman–Crippen LogP) is 4.49. The maximum Gasteiger partial charge on any atom is 0.416 e. The van der Waals surface area contributed by atoms with Crippen LogP contribution in [0, 0.1) is 11.8 Å². The first-order valence-corrected chi connectivity index (χ1v) is 7.11. The Morgan fingerprint density at radius 1 is 1.10 bits per heavy atom. The summed E-state index contributed by atoms with van der Waals surface area (Å²) in [5, 5.41) is 0. The molecule has 0 aliphatic heterocycles. The molecule has 4 rings (SSSR count). The number of imidazole rings is 1. The summed E-state index contributed by atoms with van der Waals surface area (Å²) < 4.78 is 38.1. The molecule has 2 aliphatic carbocycles. The number of nitrogens with zero attached hydrogens (tertiary/aromatic N) is 1. The van der Waals surface area contributed by atoms with Gasteiger partial charge in [0.1, 0.15) is 5.82 Å². The van der Waals surface area contributed by atoms with Crippen molar-refractivity contribution < 1.29 is 13.2 Å². The fourth-order valence-electron chi connectivity index (χ4n) is 3.76. The Morgan fingerprint density at radius 3 is 2.45 bits per heavy atom. The molecule has 2 saturated carbocycles. The zero-order valence-electron chi connectivity index (χ0n) is 10.9. The van der Waals surface area contributed by atoms with Crippen LogP contribution < -0.4 is 0 Å². The number of fused-ring (bicyclic) bond motifs is 2. The minimum Gasteiger partial charge on any atom is -0.342 e. The van der Waals surface area contributed by atoms with Crippen LogP contribution in [0.15, 0.2) is 18.2 Å². The summed E-state index contributed by atoms with van der Waals surface area (Å²) in [6, 6.07) is 3.73. The number of hydrogen-bond acceptors (Lipinski definition) is 1. The molecule has 0 amide bonds. The van der Waals surface area contributed by atoms with Gasteiger partial charge < -0.3 is 4.98 Å². The summed E-state index contributed by atoms with van der Waals surface area (Å²) in [6.07, 6.45) is 0.722. The lowest BCUT2D eigenvalue weighted by molar-refractivity contribution is -0.137. The Kier molecular flexibility index (Phi) is 2.44. The molecule has 2 unspecified atom stereocenters. The minimum absolute atomic E-state index is 0.444. The van der Waals surface area contributed by atoms with E-state index in [1.54, 1.807) is 0 Å². The number of rotatable bonds is 1. The van der Waals surface area contributed by atoms with Gasteiger partial charge in [0.2, 0.25) is 0 Å². The Labute approximate surface area is 114 Å². The average Bonchev–Trinajstić information content (AvgIpc) is 2.99. The third-order valence-corrected chi connectivity index (χ3v) is 4.80. The molecule has 2 nitrogen and oxygen atoms in total. The number of benzene rings is 1. The first-order chi connectivity index (χ1) is 9.54. The second-order valence-corrected chi connectivity index (χ2v) is 5.99. The second-order valence-electron chi connectivity index (χ2n) is 5.99. The van der Waals surface area contributed by atoms with Crippen LogP contribution in [0.5, 0.6) is 0 Å². The van der Waals surface area contributed by atoms with E-state index in [-0.39, 0.29) is 0 Å². The summed E-state index contributed by atoms with van der Waals surface area (Å²) in [5.74, 6) is 2.73. The Balaban J connectivity index is 1.69. The molecule has 0 spiro atoms. The molecule has 1 heterocycles. The molecule has 20 heavy (non-hydrogen) atoms. The first kappa shape index (κ1) is 12.2. The number of alkyl halides is 3. The van der Waals surface area contributed by atoms with E-state index in [9.17, 15) is 13.2 Å². The molecule has 2 atom stereocenters. The molecule has 0 radical (unpaired) electrons. The van der Waals surface area contributed by atoms with Gasteiger partial charge in [0.05, 0.1) is 16.6 Å². The number of H-pyrrole nitrogens is 1. The van der Waals surface area contributed by atoms with Crippen LogP contribution in [-0.4, -0.2) is 9.97 Å². The predicted molar refractivity (Wildman–Crippen MR) is 69.3 cm³/mol. The summed E-state index contributed by atoms with van der Waals surface area (Å²) >= 11 is 0. The van der Waals surface area contributed by atoms with Crippen LogP contribution in [0.2, 0.25) is 0 Å². The summed E-state index contributed by atoms with van der Waals surface area (Å²) in [5.41, 5.74) is 0.517. The Hall–Kier alpha value is -1.52. The average molecular weight is 280 g/mol. The third kappa shape index (κ3) is 1.83. The molecule has 2 aromatic rings. The Morgan fingerprint density at radius 2 is 1.80 bits per heavy atom. The second kappa shape index (κ2) is 3.99. The maximum absolute atomic E-state index is 12.7. The van der Waals surface area contributed by atoms with Crippen molar-refractivity contribution in [3.63, 3.8) is 0 Å². The summed E-state index contributed by atoms with van der Waals surface area (Å²) in [6.45, 7) is 0. The number of hydrogen-bond donors (Lipinski definition) is 1. The van der Waals surface area contributed by atoms with Crippen LogP contribution in [0.4, 0.5) is 13.2 Å². The van der Waals surface area contributed by atoms with E-state index in [0.717, 1.165) is 18.0 Å². The highest BCUT2D eigenvalue weighted by molar-refractivity contribution is 5.76. The van der Waals surface area contributed by atoms with E-state index in [0.29, 0.717) is 28.8 Å². The molecule has 1 N–H and O–H groups in total. The van der Waals surface area contributed by atoms with Gasteiger partial charge in [0.15, 0.2) is 0 Å². The van der Waals surface area contributed by atoms with Gasteiger partial charge in [-0.3, -0.25) is 0 Å². The fourth-order valence-corrected chi connectivity index (χ4v) is 3.76. The van der Waals surface area contributed by atoms with Gasteiger partial charge in [-0.05, 0) is 42.9 Å². The molecular formula is C15H15F3N2. The van der Waals surface area contributed by atoms with Crippen molar-refractivity contribution in [2.75, 3.05) is 0 Å². The van der Waals surface area contributed by atoms with Crippen LogP contribution >= 0.6 is 0 Å². The molecule has 0 saturated heterocycles. The summed E-state index contributed by atoms with van der Waals surface area (Å²) in [4.78, 5) is 7.61. The standard InChI is InChI=1S/C15H15F3N2/c16-15(17,18)8-5-6-11-12(7-8)20-14(19-11)13-9-3-1-2-4-10(9)13/h5-7,9-10,13H,1-4H2,(H,19,20). The molecule has 1 aromatic heterocycles. The van der Waals surface area contributed by atoms with E-state index < -0.39 is 11.7 Å². The lowest BCUT2D eigenvalue weighted by atomic mass is 10.0. The van der Waals surface area contributed by atoms with E-state index in [4.69, 9.17) is 0 Å². The van der Waals surface area contributed by atoms with Crippen molar-refractivity contribution in [1.82, 2.24) is 9.97 Å². The van der Waals surface area contributed by atoms with Crippen LogP contribution in [0.3, 0.4) is 0 Å². The Bertz CT molecular complexity index is 647. The number of halogens is 3. The zero-order valence-corrected chi connectivity index (χ0v) is 10.9. The molecule has 1 aromatic carbocycles. The van der Waals surface area contributed by atoms with Crippen LogP contribution in [-0.2, 0) is 6.18 Å². The normalized spacial score (nSPS) is 29.4.